The third-order valence-electron chi connectivity index (χ3n) is 5.73. The van der Waals surface area contributed by atoms with Gasteiger partial charge in [-0.05, 0) is 38.0 Å². The maximum absolute atomic E-state index is 13.2. The Morgan fingerprint density at radius 2 is 1.97 bits per heavy atom. The molecule has 0 spiro atoms. The van der Waals surface area contributed by atoms with E-state index >= 15 is 0 Å². The second kappa shape index (κ2) is 8.54. The lowest BCUT2D eigenvalue weighted by Crippen LogP contribution is -2.48. The molecule has 3 heterocycles. The molecule has 1 aliphatic rings. The molecule has 1 saturated heterocycles. The standard InChI is InChI=1S/C21H25ClN4O3S2/c1-4-25(31(3,28)29)15-9-11-24(12-10-15)20(27)19-13-16-14(2)23-26(21(16)30-19)18-8-6-5-7-17(18)22/h5-8,13,15H,4,9-12H2,1-3H3. The molecule has 0 atom stereocenters. The lowest BCUT2D eigenvalue weighted by Gasteiger charge is -2.36. The summed E-state index contributed by atoms with van der Waals surface area (Å²) in [5.74, 6) is -0.0211. The Morgan fingerprint density at radius 3 is 2.58 bits per heavy atom. The van der Waals surface area contributed by atoms with E-state index in [1.165, 1.54) is 21.9 Å². The Bertz CT molecular complexity index is 1230. The summed E-state index contributed by atoms with van der Waals surface area (Å²) in [6.45, 7) is 5.30. The predicted octanol–water partition coefficient (Wildman–Crippen LogP) is 3.93. The first-order valence-electron chi connectivity index (χ1n) is 10.2. The van der Waals surface area contributed by atoms with Crippen molar-refractivity contribution in [3.8, 4) is 5.69 Å². The summed E-state index contributed by atoms with van der Waals surface area (Å²) in [6, 6.07) is 9.35. The molecule has 166 valence electrons. The molecule has 1 aliphatic heterocycles. The molecular formula is C21H25ClN4O3S2. The van der Waals surface area contributed by atoms with Crippen LogP contribution in [0.15, 0.2) is 30.3 Å². The number of aryl methyl sites for hydroxylation is 1. The summed E-state index contributed by atoms with van der Waals surface area (Å²) < 4.78 is 27.3. The fraction of sp³-hybridized carbons (Fsp3) is 0.429. The molecule has 1 aromatic carbocycles. The highest BCUT2D eigenvalue weighted by Gasteiger charge is 2.31. The Hall–Kier alpha value is -1.94. The molecule has 10 heteroatoms. The highest BCUT2D eigenvalue weighted by molar-refractivity contribution is 7.88. The van der Waals surface area contributed by atoms with Crippen molar-refractivity contribution in [1.82, 2.24) is 19.0 Å². The van der Waals surface area contributed by atoms with Crippen LogP contribution >= 0.6 is 22.9 Å². The van der Waals surface area contributed by atoms with Crippen molar-refractivity contribution in [2.24, 2.45) is 0 Å². The number of para-hydroxylation sites is 1. The van der Waals surface area contributed by atoms with Crippen LogP contribution in [0.5, 0.6) is 0 Å². The van der Waals surface area contributed by atoms with Crippen LogP contribution in [0, 0.1) is 6.92 Å². The van der Waals surface area contributed by atoms with Crippen molar-refractivity contribution in [3.63, 3.8) is 0 Å². The molecule has 0 aliphatic carbocycles. The molecule has 0 radical (unpaired) electrons. The Morgan fingerprint density at radius 1 is 1.29 bits per heavy atom. The summed E-state index contributed by atoms with van der Waals surface area (Å²) in [5.41, 5.74) is 1.63. The lowest BCUT2D eigenvalue weighted by molar-refractivity contribution is 0.0685. The largest absolute Gasteiger partial charge is 0.338 e. The number of nitrogens with zero attached hydrogens (tertiary/aromatic N) is 4. The minimum atomic E-state index is -3.24. The maximum Gasteiger partial charge on any atom is 0.264 e. The molecule has 0 saturated carbocycles. The summed E-state index contributed by atoms with van der Waals surface area (Å²) in [5, 5.41) is 6.15. The number of rotatable bonds is 5. The van der Waals surface area contributed by atoms with Gasteiger partial charge < -0.3 is 4.90 Å². The number of halogens is 1. The Balaban J connectivity index is 1.56. The minimum Gasteiger partial charge on any atom is -0.338 e. The van der Waals surface area contributed by atoms with Crippen LogP contribution in [-0.2, 0) is 10.0 Å². The second-order valence-electron chi connectivity index (χ2n) is 7.77. The number of likely N-dealkylation sites (tertiary alicyclic amines) is 1. The van der Waals surface area contributed by atoms with Gasteiger partial charge >= 0.3 is 0 Å². The van der Waals surface area contributed by atoms with E-state index < -0.39 is 10.0 Å². The minimum absolute atomic E-state index is 0.0211. The fourth-order valence-corrected chi connectivity index (χ4v) is 6.80. The van der Waals surface area contributed by atoms with Crippen LogP contribution in [0.25, 0.3) is 15.9 Å². The first-order valence-corrected chi connectivity index (χ1v) is 13.2. The van der Waals surface area contributed by atoms with E-state index in [0.29, 0.717) is 42.4 Å². The lowest BCUT2D eigenvalue weighted by atomic mass is 10.0. The van der Waals surface area contributed by atoms with E-state index in [0.717, 1.165) is 21.6 Å². The van der Waals surface area contributed by atoms with E-state index in [-0.39, 0.29) is 11.9 Å². The number of hydrogen-bond donors (Lipinski definition) is 0. The SMILES string of the molecule is CCN(C1CCN(C(=O)c2cc3c(C)nn(-c4ccccc4Cl)c3s2)CC1)S(C)(=O)=O. The van der Waals surface area contributed by atoms with Crippen molar-refractivity contribution in [2.45, 2.75) is 32.7 Å². The second-order valence-corrected chi connectivity index (χ2v) is 11.1. The van der Waals surface area contributed by atoms with Crippen molar-refractivity contribution in [1.29, 1.82) is 0 Å². The van der Waals surface area contributed by atoms with Crippen LogP contribution in [0.1, 0.15) is 35.1 Å². The van der Waals surface area contributed by atoms with Crippen molar-refractivity contribution in [2.75, 3.05) is 25.9 Å². The highest BCUT2D eigenvalue weighted by atomic mass is 35.5. The molecule has 0 unspecified atom stereocenters. The maximum atomic E-state index is 13.2. The van der Waals surface area contributed by atoms with Crippen LogP contribution in [-0.4, -0.2) is 65.2 Å². The van der Waals surface area contributed by atoms with Gasteiger partial charge in [0.1, 0.15) is 4.83 Å². The zero-order valence-electron chi connectivity index (χ0n) is 17.7. The molecule has 31 heavy (non-hydrogen) atoms. The van der Waals surface area contributed by atoms with Crippen molar-refractivity contribution < 1.29 is 13.2 Å². The van der Waals surface area contributed by atoms with Gasteiger partial charge in [0.05, 0.1) is 27.5 Å². The van der Waals surface area contributed by atoms with E-state index in [2.05, 4.69) is 5.10 Å². The third kappa shape index (κ3) is 4.24. The number of hydrogen-bond acceptors (Lipinski definition) is 5. The van der Waals surface area contributed by atoms with Gasteiger partial charge in [-0.3, -0.25) is 4.79 Å². The first-order chi connectivity index (χ1) is 14.7. The fourth-order valence-electron chi connectivity index (χ4n) is 4.22. The van der Waals surface area contributed by atoms with Gasteiger partial charge in [-0.2, -0.15) is 9.40 Å². The average molecular weight is 481 g/mol. The quantitative estimate of drug-likeness (QED) is 0.554. The predicted molar refractivity (Wildman–Crippen MR) is 125 cm³/mol. The molecule has 0 N–H and O–H groups in total. The van der Waals surface area contributed by atoms with Gasteiger partial charge in [-0.15, -0.1) is 11.3 Å². The van der Waals surface area contributed by atoms with E-state index in [1.807, 2.05) is 49.1 Å². The van der Waals surface area contributed by atoms with Gasteiger partial charge in [0.2, 0.25) is 10.0 Å². The first kappa shape index (κ1) is 22.3. The van der Waals surface area contributed by atoms with Crippen LogP contribution < -0.4 is 0 Å². The van der Waals surface area contributed by atoms with Gasteiger partial charge in [0.15, 0.2) is 0 Å². The summed E-state index contributed by atoms with van der Waals surface area (Å²) in [6.07, 6.45) is 2.53. The number of sulfonamides is 1. The highest BCUT2D eigenvalue weighted by Crippen LogP contribution is 2.33. The summed E-state index contributed by atoms with van der Waals surface area (Å²) in [4.78, 5) is 16.5. The Kier molecular flexibility index (Phi) is 6.13. The number of carbonyl (C=O) groups excluding carboxylic acids is 1. The number of thiophene rings is 1. The van der Waals surface area contributed by atoms with E-state index in [9.17, 15) is 13.2 Å². The molecule has 2 aromatic heterocycles. The van der Waals surface area contributed by atoms with Crippen LogP contribution in [0.3, 0.4) is 0 Å². The van der Waals surface area contributed by atoms with E-state index in [1.54, 1.807) is 4.68 Å². The van der Waals surface area contributed by atoms with Crippen molar-refractivity contribution >= 4 is 49.1 Å². The molecule has 7 nitrogen and oxygen atoms in total. The smallest absolute Gasteiger partial charge is 0.264 e. The molecular weight excluding hydrogens is 456 g/mol. The van der Waals surface area contributed by atoms with Crippen molar-refractivity contribution in [3.05, 3.63) is 45.9 Å². The van der Waals surface area contributed by atoms with Crippen LogP contribution in [0.2, 0.25) is 5.02 Å². The Labute approximate surface area is 191 Å². The van der Waals surface area contributed by atoms with Gasteiger partial charge in [-0.25, -0.2) is 13.1 Å². The monoisotopic (exact) mass is 480 g/mol. The topological polar surface area (TPSA) is 75.5 Å². The number of amides is 1. The number of aromatic nitrogens is 2. The number of benzene rings is 1. The molecule has 0 bridgehead atoms. The van der Waals surface area contributed by atoms with Gasteiger partial charge in [0.25, 0.3) is 5.91 Å². The molecule has 4 rings (SSSR count). The summed E-state index contributed by atoms with van der Waals surface area (Å²) in [7, 11) is -3.24. The molecule has 1 amide bonds. The molecule has 1 fully saturated rings. The zero-order valence-corrected chi connectivity index (χ0v) is 20.1. The summed E-state index contributed by atoms with van der Waals surface area (Å²) >= 11 is 7.77. The van der Waals surface area contributed by atoms with Gasteiger partial charge in [-0.1, -0.05) is 30.7 Å². The molecule has 3 aromatic rings. The number of carbonyl (C=O) groups is 1. The van der Waals surface area contributed by atoms with E-state index in [4.69, 9.17) is 11.6 Å². The average Bonchev–Trinajstić information content (AvgIpc) is 3.29. The zero-order chi connectivity index (χ0) is 22.3. The number of fused-ring (bicyclic) bond motifs is 1. The number of piperidine rings is 1. The van der Waals surface area contributed by atoms with Crippen LogP contribution in [0.4, 0.5) is 0 Å². The third-order valence-corrected chi connectivity index (χ3v) is 8.56. The van der Waals surface area contributed by atoms with Gasteiger partial charge in [0, 0.05) is 31.1 Å². The normalized spacial score (nSPS) is 15.8.